The summed E-state index contributed by atoms with van der Waals surface area (Å²) in [6, 6.07) is 5.00. The maximum Gasteiger partial charge on any atom is 0.260 e. The van der Waals surface area contributed by atoms with Crippen LogP contribution in [0.5, 0.6) is 5.75 Å². The molecule has 6 nitrogen and oxygen atoms in total. The first-order valence-corrected chi connectivity index (χ1v) is 7.62. The summed E-state index contributed by atoms with van der Waals surface area (Å²) in [5.41, 5.74) is 6.59. The highest BCUT2D eigenvalue weighted by atomic mass is 79.9. The van der Waals surface area contributed by atoms with E-state index in [1.54, 1.807) is 18.2 Å². The minimum atomic E-state index is -0.372. The van der Waals surface area contributed by atoms with Gasteiger partial charge >= 0.3 is 0 Å². The number of carbonyl (C=O) groups excluding carboxylic acids is 1. The Balaban J connectivity index is 2.30. The third-order valence-electron chi connectivity index (χ3n) is 2.51. The number of para-hydroxylation sites is 1. The zero-order valence-corrected chi connectivity index (χ0v) is 14.2. The van der Waals surface area contributed by atoms with Crippen LogP contribution in [-0.2, 0) is 0 Å². The van der Waals surface area contributed by atoms with E-state index in [9.17, 15) is 4.79 Å². The van der Waals surface area contributed by atoms with E-state index in [1.165, 1.54) is 6.20 Å². The van der Waals surface area contributed by atoms with Crippen LogP contribution in [0.25, 0.3) is 0 Å². The summed E-state index contributed by atoms with van der Waals surface area (Å²) in [6.07, 6.45) is 1.49. The van der Waals surface area contributed by atoms with Crippen LogP contribution in [0.1, 0.15) is 17.3 Å². The SMILES string of the molecule is CCOc1c(N)cccc1C(=O)Nc1ncc(Br)nc1Br. The van der Waals surface area contributed by atoms with E-state index in [-0.39, 0.29) is 5.91 Å². The summed E-state index contributed by atoms with van der Waals surface area (Å²) < 4.78 is 6.42. The number of halogens is 2. The van der Waals surface area contributed by atoms with Crippen LogP contribution in [0.15, 0.2) is 33.6 Å². The first-order chi connectivity index (χ1) is 10.0. The van der Waals surface area contributed by atoms with Crippen molar-refractivity contribution < 1.29 is 9.53 Å². The number of ether oxygens (including phenoxy) is 1. The van der Waals surface area contributed by atoms with Gasteiger partial charge in [-0.3, -0.25) is 4.79 Å². The number of hydrogen-bond donors (Lipinski definition) is 2. The van der Waals surface area contributed by atoms with Gasteiger partial charge in [0.2, 0.25) is 0 Å². The summed E-state index contributed by atoms with van der Waals surface area (Å²) in [6.45, 7) is 2.24. The molecule has 1 aromatic carbocycles. The van der Waals surface area contributed by atoms with Crippen LogP contribution in [0.4, 0.5) is 11.5 Å². The van der Waals surface area contributed by atoms with Gasteiger partial charge in [-0.25, -0.2) is 9.97 Å². The van der Waals surface area contributed by atoms with E-state index in [0.29, 0.717) is 38.6 Å². The van der Waals surface area contributed by atoms with Crippen molar-refractivity contribution in [1.82, 2.24) is 9.97 Å². The highest BCUT2D eigenvalue weighted by Gasteiger charge is 2.17. The zero-order valence-electron chi connectivity index (χ0n) is 11.1. The lowest BCUT2D eigenvalue weighted by Gasteiger charge is -2.12. The van der Waals surface area contributed by atoms with Gasteiger partial charge in [0.1, 0.15) is 9.21 Å². The average molecular weight is 416 g/mol. The van der Waals surface area contributed by atoms with Crippen LogP contribution in [0.2, 0.25) is 0 Å². The van der Waals surface area contributed by atoms with Crippen LogP contribution in [0.3, 0.4) is 0 Å². The van der Waals surface area contributed by atoms with Crippen molar-refractivity contribution in [1.29, 1.82) is 0 Å². The van der Waals surface area contributed by atoms with Gasteiger partial charge in [-0.2, -0.15) is 0 Å². The van der Waals surface area contributed by atoms with Crippen LogP contribution < -0.4 is 15.8 Å². The highest BCUT2D eigenvalue weighted by molar-refractivity contribution is 9.11. The first-order valence-electron chi connectivity index (χ1n) is 6.03. The number of hydrogen-bond acceptors (Lipinski definition) is 5. The van der Waals surface area contributed by atoms with E-state index >= 15 is 0 Å². The quantitative estimate of drug-likeness (QED) is 0.748. The lowest BCUT2D eigenvalue weighted by atomic mass is 10.1. The number of aromatic nitrogens is 2. The number of benzene rings is 1. The van der Waals surface area contributed by atoms with Crippen molar-refractivity contribution in [3.63, 3.8) is 0 Å². The van der Waals surface area contributed by atoms with Gasteiger partial charge in [-0.15, -0.1) is 0 Å². The van der Waals surface area contributed by atoms with Gasteiger partial charge in [-0.05, 0) is 50.9 Å². The predicted molar refractivity (Wildman–Crippen MR) is 87.4 cm³/mol. The molecular weight excluding hydrogens is 404 g/mol. The minimum absolute atomic E-state index is 0.313. The zero-order chi connectivity index (χ0) is 15.4. The number of nitrogens with one attached hydrogen (secondary N) is 1. The van der Waals surface area contributed by atoms with Gasteiger partial charge in [0, 0.05) is 0 Å². The third-order valence-corrected chi connectivity index (χ3v) is 3.45. The second-order valence-corrected chi connectivity index (χ2v) is 5.51. The summed E-state index contributed by atoms with van der Waals surface area (Å²) in [5.74, 6) is 0.301. The fourth-order valence-corrected chi connectivity index (χ4v) is 2.55. The molecule has 3 N–H and O–H groups in total. The standard InChI is InChI=1S/C13H12Br2N4O2/c1-2-21-10-7(4-3-5-8(10)16)13(20)19-12-11(15)18-9(14)6-17-12/h3-6H,2,16H2,1H3,(H,17,19,20). The largest absolute Gasteiger partial charge is 0.491 e. The summed E-state index contributed by atoms with van der Waals surface area (Å²) >= 11 is 6.43. The number of nitrogens with two attached hydrogens (primary N) is 1. The molecule has 8 heteroatoms. The van der Waals surface area contributed by atoms with Gasteiger partial charge < -0.3 is 15.8 Å². The van der Waals surface area contributed by atoms with Crippen LogP contribution in [-0.4, -0.2) is 22.5 Å². The fourth-order valence-electron chi connectivity index (χ4n) is 1.64. The molecule has 0 radical (unpaired) electrons. The predicted octanol–water partition coefficient (Wildman–Crippen LogP) is 3.23. The molecule has 0 bridgehead atoms. The lowest BCUT2D eigenvalue weighted by Crippen LogP contribution is -2.16. The van der Waals surface area contributed by atoms with Gasteiger partial charge in [-0.1, -0.05) is 6.07 Å². The summed E-state index contributed by atoms with van der Waals surface area (Å²) in [5, 5.41) is 2.66. The lowest BCUT2D eigenvalue weighted by molar-refractivity contribution is 0.102. The Kier molecular flexibility index (Phi) is 5.13. The molecule has 0 spiro atoms. The highest BCUT2D eigenvalue weighted by Crippen LogP contribution is 2.28. The van der Waals surface area contributed by atoms with Gasteiger partial charge in [0.15, 0.2) is 11.6 Å². The second-order valence-electron chi connectivity index (χ2n) is 3.94. The van der Waals surface area contributed by atoms with Crippen LogP contribution >= 0.6 is 31.9 Å². The van der Waals surface area contributed by atoms with Gasteiger partial charge in [0.25, 0.3) is 5.91 Å². The Morgan fingerprint density at radius 3 is 2.86 bits per heavy atom. The molecule has 21 heavy (non-hydrogen) atoms. The Morgan fingerprint density at radius 1 is 1.43 bits per heavy atom. The molecule has 0 aliphatic carbocycles. The molecule has 0 saturated heterocycles. The van der Waals surface area contributed by atoms with E-state index in [0.717, 1.165) is 0 Å². The second kappa shape index (κ2) is 6.86. The molecule has 1 aromatic heterocycles. The molecule has 0 atom stereocenters. The number of anilines is 2. The first kappa shape index (κ1) is 15.7. The normalized spacial score (nSPS) is 10.2. The van der Waals surface area contributed by atoms with Crippen molar-refractivity contribution in [2.75, 3.05) is 17.7 Å². The monoisotopic (exact) mass is 414 g/mol. The van der Waals surface area contributed by atoms with Crippen molar-refractivity contribution in [2.45, 2.75) is 6.92 Å². The Labute approximate surface area is 138 Å². The Bertz CT molecular complexity index is 679. The topological polar surface area (TPSA) is 90.1 Å². The van der Waals surface area contributed by atoms with Crippen molar-refractivity contribution in [3.8, 4) is 5.75 Å². The molecule has 1 amide bonds. The number of rotatable bonds is 4. The van der Waals surface area contributed by atoms with E-state index in [4.69, 9.17) is 10.5 Å². The Morgan fingerprint density at radius 2 is 2.19 bits per heavy atom. The fraction of sp³-hybridized carbons (Fsp3) is 0.154. The van der Waals surface area contributed by atoms with E-state index in [2.05, 4.69) is 47.1 Å². The Hall–Kier alpha value is -1.67. The number of nitrogens with zero attached hydrogens (tertiary/aromatic N) is 2. The van der Waals surface area contributed by atoms with E-state index < -0.39 is 0 Å². The smallest absolute Gasteiger partial charge is 0.260 e. The number of amides is 1. The molecule has 0 aliphatic heterocycles. The average Bonchev–Trinajstić information content (AvgIpc) is 2.44. The maximum absolute atomic E-state index is 12.4. The number of nitrogen functional groups attached to an aromatic ring is 1. The van der Waals surface area contributed by atoms with Crippen LogP contribution in [0, 0.1) is 0 Å². The molecule has 110 valence electrons. The summed E-state index contributed by atoms with van der Waals surface area (Å²) in [7, 11) is 0. The molecule has 0 unspecified atom stereocenters. The molecule has 1 heterocycles. The summed E-state index contributed by atoms with van der Waals surface area (Å²) in [4.78, 5) is 20.5. The van der Waals surface area contributed by atoms with Gasteiger partial charge in [0.05, 0.1) is 24.1 Å². The van der Waals surface area contributed by atoms with Crippen molar-refractivity contribution in [2.24, 2.45) is 0 Å². The molecule has 0 fully saturated rings. The maximum atomic E-state index is 12.4. The third kappa shape index (κ3) is 3.70. The van der Waals surface area contributed by atoms with Crippen molar-refractivity contribution in [3.05, 3.63) is 39.2 Å². The molecule has 0 saturated carbocycles. The molecule has 0 aliphatic rings. The van der Waals surface area contributed by atoms with E-state index in [1.807, 2.05) is 6.92 Å². The minimum Gasteiger partial charge on any atom is -0.491 e. The molecule has 2 rings (SSSR count). The van der Waals surface area contributed by atoms with Crippen molar-refractivity contribution >= 4 is 49.3 Å². The number of carbonyl (C=O) groups is 1. The molecular formula is C13H12Br2N4O2. The molecule has 2 aromatic rings.